The van der Waals surface area contributed by atoms with E-state index < -0.39 is 49.5 Å². The fourth-order valence-electron chi connectivity index (χ4n) is 10.6. The highest BCUT2D eigenvalue weighted by atomic mass is 16.7. The Labute approximate surface area is 475 Å². The van der Waals surface area contributed by atoms with Crippen molar-refractivity contribution in [2.75, 3.05) is 13.2 Å². The molecule has 1 saturated heterocycles. The third-order valence-corrected chi connectivity index (χ3v) is 15.9. The van der Waals surface area contributed by atoms with Crippen LogP contribution in [0.5, 0.6) is 0 Å². The van der Waals surface area contributed by atoms with Crippen LogP contribution in [0.3, 0.4) is 0 Å². The topological polar surface area (TPSA) is 149 Å². The fourth-order valence-corrected chi connectivity index (χ4v) is 10.6. The Bertz CT molecular complexity index is 1350. The molecule has 1 aliphatic rings. The number of allylic oxidation sites excluding steroid dienone is 7. The molecule has 0 spiro atoms. The maximum atomic E-state index is 13.1. The summed E-state index contributed by atoms with van der Waals surface area (Å²) in [5, 5.41) is 54.7. The molecule has 1 amide bonds. The lowest BCUT2D eigenvalue weighted by molar-refractivity contribution is -0.302. The largest absolute Gasteiger partial charge is 0.394 e. The van der Waals surface area contributed by atoms with E-state index in [2.05, 4.69) is 55.6 Å². The molecule has 1 fully saturated rings. The van der Waals surface area contributed by atoms with Crippen LogP contribution < -0.4 is 5.32 Å². The Morgan fingerprint density at radius 1 is 0.429 bits per heavy atom. The van der Waals surface area contributed by atoms with Crippen LogP contribution in [0, 0.1) is 0 Å². The number of carbonyl (C=O) groups is 1. The Hall–Kier alpha value is -1.85. The summed E-state index contributed by atoms with van der Waals surface area (Å²) < 4.78 is 11.3. The first-order valence-corrected chi connectivity index (χ1v) is 33.4. The van der Waals surface area contributed by atoms with Crippen molar-refractivity contribution in [3.05, 3.63) is 48.6 Å². The van der Waals surface area contributed by atoms with Gasteiger partial charge in [-0.25, -0.2) is 0 Å². The average molecular weight is 1090 g/mol. The van der Waals surface area contributed by atoms with Crippen molar-refractivity contribution in [1.82, 2.24) is 5.32 Å². The van der Waals surface area contributed by atoms with Gasteiger partial charge in [0, 0.05) is 6.42 Å². The highest BCUT2D eigenvalue weighted by Gasteiger charge is 2.44. The molecule has 0 saturated carbocycles. The van der Waals surface area contributed by atoms with Gasteiger partial charge < -0.3 is 40.3 Å². The van der Waals surface area contributed by atoms with Crippen molar-refractivity contribution < 1.29 is 39.8 Å². The highest BCUT2D eigenvalue weighted by molar-refractivity contribution is 5.76. The summed E-state index contributed by atoms with van der Waals surface area (Å²) >= 11 is 0. The molecule has 9 nitrogen and oxygen atoms in total. The van der Waals surface area contributed by atoms with Gasteiger partial charge in [-0.1, -0.05) is 294 Å². The van der Waals surface area contributed by atoms with Gasteiger partial charge in [-0.15, -0.1) is 0 Å². The number of hydrogen-bond acceptors (Lipinski definition) is 8. The third kappa shape index (κ3) is 46.5. The van der Waals surface area contributed by atoms with Crippen molar-refractivity contribution >= 4 is 5.91 Å². The van der Waals surface area contributed by atoms with E-state index in [4.69, 9.17) is 9.47 Å². The summed E-state index contributed by atoms with van der Waals surface area (Å²) in [4.78, 5) is 13.1. The zero-order valence-electron chi connectivity index (χ0n) is 50.5. The number of amides is 1. The molecule has 77 heavy (non-hydrogen) atoms. The van der Waals surface area contributed by atoms with E-state index in [1.165, 1.54) is 257 Å². The standard InChI is InChI=1S/C68H127NO8/c1-3-5-7-9-11-13-15-17-19-21-23-25-27-29-30-31-32-34-35-37-39-41-43-45-47-49-51-53-55-57-62(71)61(60-76-68-67(75)66(74)65(73)63(59-70)77-68)69-64(72)58-56-54-52-50-48-46-44-42-40-38-36-33-28-26-24-22-20-18-16-14-12-10-8-6-4-2/h22,24,39,41,47,49,55,57,61-63,65-68,70-71,73-75H,3-21,23,25-38,40,42-46,48,50-54,56,58-60H2,1-2H3,(H,69,72)/b24-22-,41-39+,49-47+,57-55+. The van der Waals surface area contributed by atoms with Gasteiger partial charge in [0.1, 0.15) is 24.4 Å². The van der Waals surface area contributed by atoms with Crippen LogP contribution in [-0.4, -0.2) is 87.5 Å². The van der Waals surface area contributed by atoms with E-state index in [-0.39, 0.29) is 12.5 Å². The first-order valence-electron chi connectivity index (χ1n) is 33.4. The molecule has 7 atom stereocenters. The van der Waals surface area contributed by atoms with Crippen LogP contribution in [0.15, 0.2) is 48.6 Å². The quantitative estimate of drug-likeness (QED) is 0.0261. The second-order valence-corrected chi connectivity index (χ2v) is 23.2. The molecule has 0 bridgehead atoms. The molecule has 1 rings (SSSR count). The van der Waals surface area contributed by atoms with Crippen LogP contribution in [-0.2, 0) is 14.3 Å². The number of hydrogen-bond donors (Lipinski definition) is 6. The molecule has 7 unspecified atom stereocenters. The molecule has 452 valence electrons. The lowest BCUT2D eigenvalue weighted by Gasteiger charge is -2.40. The third-order valence-electron chi connectivity index (χ3n) is 15.9. The Morgan fingerprint density at radius 2 is 0.740 bits per heavy atom. The maximum Gasteiger partial charge on any atom is 0.220 e. The first kappa shape index (κ1) is 73.2. The summed E-state index contributed by atoms with van der Waals surface area (Å²) in [7, 11) is 0. The van der Waals surface area contributed by atoms with E-state index in [9.17, 15) is 30.3 Å². The number of aliphatic hydroxyl groups excluding tert-OH is 5. The number of nitrogens with one attached hydrogen (secondary N) is 1. The fraction of sp³-hybridized carbons (Fsp3) is 0.868. The molecule has 9 heteroatoms. The summed E-state index contributed by atoms with van der Waals surface area (Å²) in [6.07, 6.45) is 70.7. The second-order valence-electron chi connectivity index (χ2n) is 23.2. The van der Waals surface area contributed by atoms with Gasteiger partial charge in [-0.2, -0.15) is 0 Å². The molecule has 1 heterocycles. The van der Waals surface area contributed by atoms with Crippen LogP contribution in [0.25, 0.3) is 0 Å². The number of ether oxygens (including phenoxy) is 2. The van der Waals surface area contributed by atoms with Crippen molar-refractivity contribution in [3.8, 4) is 0 Å². The van der Waals surface area contributed by atoms with Crippen LogP contribution in [0.1, 0.15) is 322 Å². The van der Waals surface area contributed by atoms with E-state index in [0.717, 1.165) is 44.9 Å². The van der Waals surface area contributed by atoms with Crippen LogP contribution >= 0.6 is 0 Å². The van der Waals surface area contributed by atoms with Crippen LogP contribution in [0.2, 0.25) is 0 Å². The van der Waals surface area contributed by atoms with Gasteiger partial charge in [0.15, 0.2) is 6.29 Å². The Kier molecular flexibility index (Phi) is 54.5. The summed E-state index contributed by atoms with van der Waals surface area (Å²) in [5.74, 6) is -0.187. The lowest BCUT2D eigenvalue weighted by atomic mass is 9.99. The van der Waals surface area contributed by atoms with Gasteiger partial charge in [0.2, 0.25) is 5.91 Å². The van der Waals surface area contributed by atoms with Crippen molar-refractivity contribution in [2.45, 2.75) is 365 Å². The number of unbranched alkanes of at least 4 members (excludes halogenated alkanes) is 42. The van der Waals surface area contributed by atoms with E-state index in [0.29, 0.717) is 6.42 Å². The molecule has 0 aromatic rings. The predicted molar refractivity (Wildman–Crippen MR) is 327 cm³/mol. The molecular weight excluding hydrogens is 959 g/mol. The van der Waals surface area contributed by atoms with Gasteiger partial charge in [0.05, 0.1) is 25.4 Å². The first-order chi connectivity index (χ1) is 37.8. The molecule has 6 N–H and O–H groups in total. The van der Waals surface area contributed by atoms with E-state index >= 15 is 0 Å². The minimum Gasteiger partial charge on any atom is -0.394 e. The molecule has 1 aliphatic heterocycles. The number of rotatable bonds is 58. The summed E-state index contributed by atoms with van der Waals surface area (Å²) in [5.41, 5.74) is 0. The minimum absolute atomic E-state index is 0.187. The Balaban J connectivity index is 2.19. The van der Waals surface area contributed by atoms with Gasteiger partial charge in [-0.05, 0) is 70.6 Å². The average Bonchev–Trinajstić information content (AvgIpc) is 3.43. The van der Waals surface area contributed by atoms with Crippen molar-refractivity contribution in [1.29, 1.82) is 0 Å². The molecule has 0 aromatic heterocycles. The van der Waals surface area contributed by atoms with Crippen molar-refractivity contribution in [3.63, 3.8) is 0 Å². The SMILES string of the molecule is CCCCCCCCCC/C=C\CCCCCCCCCCCCCCCC(=O)NC(COC1OC(CO)C(O)C(O)C1O)C(O)/C=C/CC/C=C/CC/C=C/CCCCCCCCCCCCCCCCCCCCC. The molecule has 0 aromatic carbocycles. The predicted octanol–water partition coefficient (Wildman–Crippen LogP) is 17.6. The smallest absolute Gasteiger partial charge is 0.220 e. The number of carbonyl (C=O) groups excluding carboxylic acids is 1. The summed E-state index contributed by atoms with van der Waals surface area (Å²) in [6, 6.07) is -0.830. The monoisotopic (exact) mass is 1090 g/mol. The van der Waals surface area contributed by atoms with Crippen LogP contribution in [0.4, 0.5) is 0 Å². The lowest BCUT2D eigenvalue weighted by Crippen LogP contribution is -2.60. The summed E-state index contributed by atoms with van der Waals surface area (Å²) in [6.45, 7) is 3.80. The highest BCUT2D eigenvalue weighted by Crippen LogP contribution is 2.23. The maximum absolute atomic E-state index is 13.1. The molecular formula is C68H127NO8. The van der Waals surface area contributed by atoms with Gasteiger partial charge in [0.25, 0.3) is 0 Å². The molecule has 0 radical (unpaired) electrons. The Morgan fingerprint density at radius 3 is 1.09 bits per heavy atom. The molecule has 0 aliphatic carbocycles. The van der Waals surface area contributed by atoms with Gasteiger partial charge >= 0.3 is 0 Å². The normalized spacial score (nSPS) is 19.0. The number of aliphatic hydroxyl groups is 5. The van der Waals surface area contributed by atoms with Gasteiger partial charge in [-0.3, -0.25) is 4.79 Å². The zero-order valence-corrected chi connectivity index (χ0v) is 50.5. The second kappa shape index (κ2) is 57.4. The van der Waals surface area contributed by atoms with Crippen molar-refractivity contribution in [2.24, 2.45) is 0 Å². The zero-order chi connectivity index (χ0) is 55.8. The van der Waals surface area contributed by atoms with E-state index in [1.807, 2.05) is 6.08 Å². The van der Waals surface area contributed by atoms with E-state index in [1.54, 1.807) is 6.08 Å². The minimum atomic E-state index is -1.58.